The van der Waals surface area contributed by atoms with Gasteiger partial charge < -0.3 is 15.2 Å². The van der Waals surface area contributed by atoms with Crippen LogP contribution in [0.2, 0.25) is 0 Å². The van der Waals surface area contributed by atoms with Crippen molar-refractivity contribution in [1.82, 2.24) is 0 Å². The minimum atomic E-state index is -0.919. The molecule has 0 aliphatic heterocycles. The van der Waals surface area contributed by atoms with Crippen molar-refractivity contribution >= 4 is 34.2 Å². The second-order valence-electron chi connectivity index (χ2n) is 6.33. The van der Waals surface area contributed by atoms with Crippen LogP contribution in [0.5, 0.6) is 0 Å². The number of hydrogen-bond acceptors (Lipinski definition) is 5. The van der Waals surface area contributed by atoms with Gasteiger partial charge in [0.05, 0.1) is 11.7 Å². The molecule has 7 heteroatoms. The number of aryl methyl sites for hydroxylation is 1. The van der Waals surface area contributed by atoms with Crippen LogP contribution in [0.4, 0.5) is 5.00 Å². The Kier molecular flexibility index (Phi) is 6.99. The molecule has 1 aromatic heterocycles. The fraction of sp³-hybridized carbons (Fsp3) is 0.611. The van der Waals surface area contributed by atoms with E-state index in [0.717, 1.165) is 42.5 Å². The zero-order valence-corrected chi connectivity index (χ0v) is 15.5. The largest absolute Gasteiger partial charge is 0.481 e. The Hall–Kier alpha value is -1.89. The summed E-state index contributed by atoms with van der Waals surface area (Å²) < 4.78 is 5.48. The van der Waals surface area contributed by atoms with Gasteiger partial charge in [0.15, 0.2) is 0 Å². The number of carbonyl (C=O) groups excluding carboxylic acids is 2. The van der Waals surface area contributed by atoms with E-state index in [2.05, 4.69) is 5.32 Å². The molecule has 0 saturated carbocycles. The quantitative estimate of drug-likeness (QED) is 0.682. The predicted octanol–water partition coefficient (Wildman–Crippen LogP) is 3.78. The number of ether oxygens (including phenoxy) is 1. The molecule has 0 radical (unpaired) electrons. The van der Waals surface area contributed by atoms with E-state index < -0.39 is 5.97 Å². The fourth-order valence-corrected chi connectivity index (χ4v) is 4.08. The molecule has 1 aliphatic rings. The van der Waals surface area contributed by atoms with E-state index in [-0.39, 0.29) is 37.2 Å². The van der Waals surface area contributed by atoms with E-state index in [1.807, 2.05) is 13.8 Å². The van der Waals surface area contributed by atoms with Crippen molar-refractivity contribution in [2.75, 3.05) is 5.32 Å². The number of thiophene rings is 1. The van der Waals surface area contributed by atoms with E-state index in [1.54, 1.807) is 0 Å². The van der Waals surface area contributed by atoms with Crippen LogP contribution >= 0.6 is 11.3 Å². The maximum absolute atomic E-state index is 12.6. The second-order valence-corrected chi connectivity index (χ2v) is 7.44. The molecular weight excluding hydrogens is 342 g/mol. The highest BCUT2D eigenvalue weighted by atomic mass is 32.1. The molecule has 138 valence electrons. The third kappa shape index (κ3) is 5.29. The van der Waals surface area contributed by atoms with E-state index in [4.69, 9.17) is 9.84 Å². The number of rotatable bonds is 8. The number of aliphatic carboxylic acids is 1. The summed E-state index contributed by atoms with van der Waals surface area (Å²) in [6.07, 6.45) is 4.76. The third-order valence-corrected chi connectivity index (χ3v) is 5.51. The van der Waals surface area contributed by atoms with Crippen LogP contribution in [0, 0.1) is 0 Å². The number of esters is 1. The summed E-state index contributed by atoms with van der Waals surface area (Å²) in [5, 5.41) is 12.0. The maximum Gasteiger partial charge on any atom is 0.341 e. The molecule has 2 N–H and O–H groups in total. The highest BCUT2D eigenvalue weighted by molar-refractivity contribution is 7.17. The number of fused-ring (bicyclic) bond motifs is 1. The van der Waals surface area contributed by atoms with Gasteiger partial charge in [-0.2, -0.15) is 0 Å². The minimum Gasteiger partial charge on any atom is -0.481 e. The summed E-state index contributed by atoms with van der Waals surface area (Å²) in [5.41, 5.74) is 1.50. The molecule has 1 heterocycles. The minimum absolute atomic E-state index is 0.0444. The van der Waals surface area contributed by atoms with Crippen molar-refractivity contribution in [2.45, 2.75) is 71.3 Å². The van der Waals surface area contributed by atoms with E-state index in [1.165, 1.54) is 11.3 Å². The van der Waals surface area contributed by atoms with Gasteiger partial charge in [0.1, 0.15) is 5.00 Å². The van der Waals surface area contributed by atoms with Gasteiger partial charge in [-0.1, -0.05) is 6.92 Å². The van der Waals surface area contributed by atoms with Crippen LogP contribution in [0.1, 0.15) is 73.2 Å². The first-order valence-electron chi connectivity index (χ1n) is 8.79. The average Bonchev–Trinajstić information content (AvgIpc) is 2.91. The molecule has 1 aromatic rings. The number of carboxylic acid groups (broad SMARTS) is 1. The van der Waals surface area contributed by atoms with Gasteiger partial charge in [-0.3, -0.25) is 9.59 Å². The zero-order valence-electron chi connectivity index (χ0n) is 14.7. The number of nitrogens with one attached hydrogen (secondary N) is 1. The Labute approximate surface area is 151 Å². The van der Waals surface area contributed by atoms with Crippen LogP contribution in [0.25, 0.3) is 0 Å². The highest BCUT2D eigenvalue weighted by Gasteiger charge is 2.28. The number of amides is 1. The molecule has 25 heavy (non-hydrogen) atoms. The van der Waals surface area contributed by atoms with Gasteiger partial charge >= 0.3 is 11.9 Å². The summed E-state index contributed by atoms with van der Waals surface area (Å²) in [7, 11) is 0. The van der Waals surface area contributed by atoms with Crippen molar-refractivity contribution < 1.29 is 24.2 Å². The standard InChI is InChI=1S/C18H25NO5S/c1-3-11(2)24-18(23)16-12-7-4-5-8-13(12)25-17(16)19-14(20)9-6-10-15(21)22/h11H,3-10H2,1-2H3,(H,19,20)(H,21,22)/t11-/m1/s1. The van der Waals surface area contributed by atoms with E-state index in [0.29, 0.717) is 10.6 Å². The number of hydrogen-bond donors (Lipinski definition) is 2. The molecule has 0 bridgehead atoms. The number of anilines is 1. The Bertz CT molecular complexity index is 652. The first-order chi connectivity index (χ1) is 11.9. The third-order valence-electron chi connectivity index (χ3n) is 4.31. The van der Waals surface area contributed by atoms with Crippen LogP contribution in [-0.2, 0) is 27.2 Å². The van der Waals surface area contributed by atoms with Gasteiger partial charge in [0.25, 0.3) is 0 Å². The lowest BCUT2D eigenvalue weighted by atomic mass is 9.95. The molecule has 0 unspecified atom stereocenters. The summed E-state index contributed by atoms with van der Waals surface area (Å²) in [6.45, 7) is 3.80. The molecule has 0 spiro atoms. The Morgan fingerprint density at radius 2 is 1.96 bits per heavy atom. The van der Waals surface area contributed by atoms with Gasteiger partial charge in [0, 0.05) is 17.7 Å². The molecule has 2 rings (SSSR count). The van der Waals surface area contributed by atoms with Gasteiger partial charge in [-0.25, -0.2) is 4.79 Å². The van der Waals surface area contributed by atoms with Crippen molar-refractivity contribution in [3.8, 4) is 0 Å². The first-order valence-corrected chi connectivity index (χ1v) is 9.61. The van der Waals surface area contributed by atoms with Crippen molar-refractivity contribution in [3.63, 3.8) is 0 Å². The lowest BCUT2D eigenvalue weighted by molar-refractivity contribution is -0.137. The molecule has 1 aliphatic carbocycles. The lowest BCUT2D eigenvalue weighted by Gasteiger charge is -2.15. The summed E-state index contributed by atoms with van der Waals surface area (Å²) in [4.78, 5) is 36.4. The average molecular weight is 367 g/mol. The van der Waals surface area contributed by atoms with E-state index in [9.17, 15) is 14.4 Å². The first kappa shape index (κ1) is 19.4. The molecule has 1 amide bonds. The highest BCUT2D eigenvalue weighted by Crippen LogP contribution is 2.38. The van der Waals surface area contributed by atoms with Crippen molar-refractivity contribution in [1.29, 1.82) is 0 Å². The normalized spacial score (nSPS) is 14.5. The SMILES string of the molecule is CC[C@@H](C)OC(=O)c1c(NC(=O)CCCC(=O)O)sc2c1CCCC2. The fourth-order valence-electron chi connectivity index (χ4n) is 2.78. The Balaban J connectivity index is 2.16. The lowest BCUT2D eigenvalue weighted by Crippen LogP contribution is -2.18. The molecule has 1 atom stereocenters. The van der Waals surface area contributed by atoms with Crippen LogP contribution < -0.4 is 5.32 Å². The number of carbonyl (C=O) groups is 3. The van der Waals surface area contributed by atoms with Crippen molar-refractivity contribution in [2.24, 2.45) is 0 Å². The Morgan fingerprint density at radius 1 is 1.24 bits per heavy atom. The zero-order chi connectivity index (χ0) is 18.4. The van der Waals surface area contributed by atoms with Crippen LogP contribution in [0.15, 0.2) is 0 Å². The summed E-state index contributed by atoms with van der Waals surface area (Å²) in [6, 6.07) is 0. The number of carboxylic acids is 1. The smallest absolute Gasteiger partial charge is 0.341 e. The molecule has 0 aromatic carbocycles. The van der Waals surface area contributed by atoms with Crippen LogP contribution in [-0.4, -0.2) is 29.1 Å². The molecule has 0 fully saturated rings. The molecule has 6 nitrogen and oxygen atoms in total. The maximum atomic E-state index is 12.6. The van der Waals surface area contributed by atoms with Crippen molar-refractivity contribution in [3.05, 3.63) is 16.0 Å². The predicted molar refractivity (Wildman–Crippen MR) is 96.2 cm³/mol. The van der Waals surface area contributed by atoms with Gasteiger partial charge in [0.2, 0.25) is 5.91 Å². The van der Waals surface area contributed by atoms with Crippen LogP contribution in [0.3, 0.4) is 0 Å². The van der Waals surface area contributed by atoms with Gasteiger partial charge in [-0.15, -0.1) is 11.3 Å². The van der Waals surface area contributed by atoms with E-state index >= 15 is 0 Å². The Morgan fingerprint density at radius 3 is 2.64 bits per heavy atom. The van der Waals surface area contributed by atoms with Gasteiger partial charge in [-0.05, 0) is 51.0 Å². The molecule has 0 saturated heterocycles. The molecular formula is C18H25NO5S. The summed E-state index contributed by atoms with van der Waals surface area (Å²) >= 11 is 1.44. The topological polar surface area (TPSA) is 92.7 Å². The monoisotopic (exact) mass is 367 g/mol. The summed E-state index contributed by atoms with van der Waals surface area (Å²) in [5.74, 6) is -1.57. The second kappa shape index (κ2) is 8.99.